The van der Waals surface area contributed by atoms with Gasteiger partial charge in [-0.3, -0.25) is 9.59 Å². The first kappa shape index (κ1) is 28.0. The van der Waals surface area contributed by atoms with Gasteiger partial charge in [0.2, 0.25) is 11.8 Å². The first-order valence-electron chi connectivity index (χ1n) is 12.4. The van der Waals surface area contributed by atoms with E-state index in [0.29, 0.717) is 25.1 Å². The number of rotatable bonds is 12. The van der Waals surface area contributed by atoms with Gasteiger partial charge in [0.05, 0.1) is 0 Å². The highest BCUT2D eigenvalue weighted by molar-refractivity contribution is 9.10. The number of thioether (sulfide) groups is 1. The number of hydrogen-bond acceptors (Lipinski definition) is 3. The van der Waals surface area contributed by atoms with Crippen LogP contribution in [0, 0.1) is 6.92 Å². The summed E-state index contributed by atoms with van der Waals surface area (Å²) in [4.78, 5) is 30.1. The molecule has 0 spiro atoms. The summed E-state index contributed by atoms with van der Waals surface area (Å²) in [5.41, 5.74) is 3.23. The van der Waals surface area contributed by atoms with Crippen LogP contribution in [-0.4, -0.2) is 34.6 Å². The Labute approximate surface area is 228 Å². The molecule has 0 aliphatic heterocycles. The van der Waals surface area contributed by atoms with Crippen molar-refractivity contribution in [1.82, 2.24) is 10.2 Å². The summed E-state index contributed by atoms with van der Waals surface area (Å²) in [7, 11) is 0. The van der Waals surface area contributed by atoms with Crippen molar-refractivity contribution < 1.29 is 9.59 Å². The van der Waals surface area contributed by atoms with E-state index in [0.717, 1.165) is 26.9 Å². The lowest BCUT2D eigenvalue weighted by molar-refractivity contribution is -0.141. The molecule has 3 rings (SSSR count). The molecule has 0 fully saturated rings. The number of nitrogens with zero attached hydrogens (tertiary/aromatic N) is 1. The van der Waals surface area contributed by atoms with Crippen LogP contribution < -0.4 is 5.32 Å². The summed E-state index contributed by atoms with van der Waals surface area (Å²) in [6.07, 6.45) is 1.65. The van der Waals surface area contributed by atoms with Gasteiger partial charge in [-0.15, -0.1) is 11.8 Å². The second kappa shape index (κ2) is 14.2. The monoisotopic (exact) mass is 566 g/mol. The van der Waals surface area contributed by atoms with Crippen molar-refractivity contribution in [3.8, 4) is 0 Å². The van der Waals surface area contributed by atoms with Crippen molar-refractivity contribution in [2.45, 2.75) is 63.6 Å². The zero-order valence-corrected chi connectivity index (χ0v) is 23.6. The highest BCUT2D eigenvalue weighted by atomic mass is 79.9. The predicted octanol–water partition coefficient (Wildman–Crippen LogP) is 6.79. The Morgan fingerprint density at radius 2 is 1.67 bits per heavy atom. The van der Waals surface area contributed by atoms with Crippen molar-refractivity contribution in [1.29, 1.82) is 0 Å². The van der Waals surface area contributed by atoms with Crippen molar-refractivity contribution in [3.63, 3.8) is 0 Å². The van der Waals surface area contributed by atoms with E-state index >= 15 is 0 Å². The van der Waals surface area contributed by atoms with Crippen LogP contribution in [0.1, 0.15) is 43.4 Å². The molecule has 0 aliphatic carbocycles. The van der Waals surface area contributed by atoms with Gasteiger partial charge in [-0.25, -0.2) is 0 Å². The van der Waals surface area contributed by atoms with E-state index in [-0.39, 0.29) is 17.9 Å². The van der Waals surface area contributed by atoms with E-state index < -0.39 is 6.04 Å². The number of carbonyl (C=O) groups excluding carboxylic acids is 2. The molecule has 190 valence electrons. The molecule has 3 aromatic rings. The fourth-order valence-electron chi connectivity index (χ4n) is 3.86. The smallest absolute Gasteiger partial charge is 0.243 e. The van der Waals surface area contributed by atoms with Crippen molar-refractivity contribution in [3.05, 3.63) is 100 Å². The molecule has 2 amide bonds. The number of carbonyl (C=O) groups is 2. The molecule has 0 heterocycles. The lowest BCUT2D eigenvalue weighted by atomic mass is 10.0. The van der Waals surface area contributed by atoms with Gasteiger partial charge in [-0.05, 0) is 55.7 Å². The number of halogens is 1. The van der Waals surface area contributed by atoms with Gasteiger partial charge in [0.1, 0.15) is 6.04 Å². The minimum absolute atomic E-state index is 0.0187. The van der Waals surface area contributed by atoms with Crippen LogP contribution in [0.15, 0.2) is 88.2 Å². The van der Waals surface area contributed by atoms with Crippen LogP contribution in [0.2, 0.25) is 0 Å². The quantitative estimate of drug-likeness (QED) is 0.245. The molecular formula is C30H35BrN2O2S. The van der Waals surface area contributed by atoms with E-state index in [1.54, 1.807) is 16.7 Å². The van der Waals surface area contributed by atoms with Gasteiger partial charge in [0.15, 0.2) is 0 Å². The van der Waals surface area contributed by atoms with Crippen LogP contribution in [0.4, 0.5) is 0 Å². The highest BCUT2D eigenvalue weighted by Gasteiger charge is 2.30. The topological polar surface area (TPSA) is 49.4 Å². The van der Waals surface area contributed by atoms with E-state index in [4.69, 9.17) is 0 Å². The molecule has 0 aromatic heterocycles. The SMILES string of the molecule is CC[C@@H](C)NC(=O)[C@@H](Cc1ccccc1)N(Cc1cccc(Br)c1)C(=O)CCSc1ccc(C)cc1. The largest absolute Gasteiger partial charge is 0.352 e. The van der Waals surface area contributed by atoms with Crippen LogP contribution in [0.25, 0.3) is 0 Å². The van der Waals surface area contributed by atoms with E-state index in [2.05, 4.69) is 52.4 Å². The van der Waals surface area contributed by atoms with Gasteiger partial charge in [0, 0.05) is 40.5 Å². The van der Waals surface area contributed by atoms with Gasteiger partial charge >= 0.3 is 0 Å². The molecule has 0 saturated heterocycles. The Hall–Kier alpha value is -2.57. The molecule has 4 nitrogen and oxygen atoms in total. The molecule has 1 N–H and O–H groups in total. The first-order valence-corrected chi connectivity index (χ1v) is 14.2. The molecule has 0 radical (unpaired) electrons. The molecule has 0 bridgehead atoms. The third-order valence-electron chi connectivity index (χ3n) is 6.12. The van der Waals surface area contributed by atoms with Gasteiger partial charge < -0.3 is 10.2 Å². The zero-order chi connectivity index (χ0) is 25.9. The summed E-state index contributed by atoms with van der Waals surface area (Å²) in [5, 5.41) is 3.12. The van der Waals surface area contributed by atoms with Crippen molar-refractivity contribution in [2.75, 3.05) is 5.75 Å². The average Bonchev–Trinajstić information content (AvgIpc) is 2.87. The van der Waals surface area contributed by atoms with Crippen LogP contribution in [0.5, 0.6) is 0 Å². The zero-order valence-electron chi connectivity index (χ0n) is 21.2. The van der Waals surface area contributed by atoms with Gasteiger partial charge in [-0.2, -0.15) is 0 Å². The first-order chi connectivity index (χ1) is 17.4. The summed E-state index contributed by atoms with van der Waals surface area (Å²) in [6.45, 7) is 6.48. The van der Waals surface area contributed by atoms with Crippen LogP contribution >= 0.6 is 27.7 Å². The minimum Gasteiger partial charge on any atom is -0.352 e. The van der Waals surface area contributed by atoms with E-state index in [9.17, 15) is 9.59 Å². The maximum absolute atomic E-state index is 13.7. The molecule has 6 heteroatoms. The highest BCUT2D eigenvalue weighted by Crippen LogP contribution is 2.22. The molecule has 2 atom stereocenters. The third kappa shape index (κ3) is 8.82. The number of amides is 2. The Morgan fingerprint density at radius 1 is 0.972 bits per heavy atom. The van der Waals surface area contributed by atoms with E-state index in [1.165, 1.54) is 5.56 Å². The fourth-order valence-corrected chi connectivity index (χ4v) is 5.15. The number of hydrogen-bond donors (Lipinski definition) is 1. The predicted molar refractivity (Wildman–Crippen MR) is 153 cm³/mol. The van der Waals surface area contributed by atoms with Crippen LogP contribution in [0.3, 0.4) is 0 Å². The number of benzene rings is 3. The number of nitrogens with one attached hydrogen (secondary N) is 1. The molecule has 0 saturated carbocycles. The summed E-state index contributed by atoms with van der Waals surface area (Å²) in [6, 6.07) is 25.6. The van der Waals surface area contributed by atoms with Crippen molar-refractivity contribution in [2.24, 2.45) is 0 Å². The fraction of sp³-hybridized carbons (Fsp3) is 0.333. The molecule has 0 unspecified atom stereocenters. The molecule has 36 heavy (non-hydrogen) atoms. The van der Waals surface area contributed by atoms with Gasteiger partial charge in [0.25, 0.3) is 0 Å². The lowest BCUT2D eigenvalue weighted by Crippen LogP contribution is -2.52. The summed E-state index contributed by atoms with van der Waals surface area (Å²) < 4.78 is 0.950. The Morgan fingerprint density at radius 3 is 2.33 bits per heavy atom. The molecule has 3 aromatic carbocycles. The normalized spacial score (nSPS) is 12.6. The standard InChI is InChI=1S/C30H35BrN2O2S/c1-4-23(3)32-30(35)28(20-24-9-6-5-7-10-24)33(21-25-11-8-12-26(31)19-25)29(34)17-18-36-27-15-13-22(2)14-16-27/h5-16,19,23,28H,4,17-18,20-21H2,1-3H3,(H,32,35)/t23-,28-/m1/s1. The third-order valence-corrected chi connectivity index (χ3v) is 7.63. The minimum atomic E-state index is -0.600. The summed E-state index contributed by atoms with van der Waals surface area (Å²) >= 11 is 5.20. The maximum Gasteiger partial charge on any atom is 0.243 e. The Kier molecular flexibility index (Phi) is 11.1. The molecular weight excluding hydrogens is 532 g/mol. The van der Waals surface area contributed by atoms with Gasteiger partial charge in [-0.1, -0.05) is 83.0 Å². The van der Waals surface area contributed by atoms with Crippen molar-refractivity contribution >= 4 is 39.5 Å². The second-order valence-corrected chi connectivity index (χ2v) is 11.2. The Balaban J connectivity index is 1.85. The second-order valence-electron chi connectivity index (χ2n) is 9.09. The maximum atomic E-state index is 13.7. The average molecular weight is 568 g/mol. The van der Waals surface area contributed by atoms with E-state index in [1.807, 2.05) is 68.4 Å². The number of aryl methyl sites for hydroxylation is 1. The van der Waals surface area contributed by atoms with Crippen LogP contribution in [-0.2, 0) is 22.6 Å². The lowest BCUT2D eigenvalue weighted by Gasteiger charge is -2.32. The summed E-state index contributed by atoms with van der Waals surface area (Å²) in [5.74, 6) is 0.527. The molecule has 0 aliphatic rings. The Bertz CT molecular complexity index is 1120.